The molecule has 0 unspecified atom stereocenters. The Morgan fingerprint density at radius 2 is 2.17 bits per heavy atom. The van der Waals surface area contributed by atoms with Crippen LogP contribution in [0.1, 0.15) is 24.5 Å². The minimum Gasteiger partial charge on any atom is -0.487 e. The lowest BCUT2D eigenvalue weighted by Crippen LogP contribution is -2.34. The Morgan fingerprint density at radius 3 is 2.91 bits per heavy atom. The first-order valence-corrected chi connectivity index (χ1v) is 11.3. The number of aryl methyl sites for hydroxylation is 1. The molecule has 5 rings (SSSR count). The van der Waals surface area contributed by atoms with Crippen molar-refractivity contribution >= 4 is 23.4 Å². The summed E-state index contributed by atoms with van der Waals surface area (Å²) in [5.74, 6) is 2.12. The van der Waals surface area contributed by atoms with E-state index in [4.69, 9.17) is 9.47 Å². The summed E-state index contributed by atoms with van der Waals surface area (Å²) < 4.78 is 25.3. The SMILES string of the molecule is C=C1/C(=C\C=C(/C)Oc2ccnc3c2CCC(=O)N3)O[C@@H]2[C@@H](NC(=O)Nc3ccc(F)c(C)c3)[C@H]12. The highest BCUT2D eigenvalue weighted by atomic mass is 19.1. The number of nitrogens with zero attached hydrogens (tertiary/aromatic N) is 1. The van der Waals surface area contributed by atoms with E-state index in [2.05, 4.69) is 27.5 Å². The molecule has 1 saturated heterocycles. The van der Waals surface area contributed by atoms with Crippen LogP contribution in [0.15, 0.2) is 66.3 Å². The van der Waals surface area contributed by atoms with Crippen LogP contribution < -0.4 is 20.7 Å². The zero-order valence-corrected chi connectivity index (χ0v) is 19.4. The molecule has 0 radical (unpaired) electrons. The molecule has 3 N–H and O–H groups in total. The van der Waals surface area contributed by atoms with Crippen molar-refractivity contribution in [3.63, 3.8) is 0 Å². The molecule has 3 heterocycles. The number of hydrogen-bond acceptors (Lipinski definition) is 5. The van der Waals surface area contributed by atoms with Crippen molar-refractivity contribution in [2.75, 3.05) is 10.6 Å². The Kier molecular flexibility index (Phi) is 5.76. The molecular weight excluding hydrogens is 451 g/mol. The number of benzene rings is 1. The molecule has 0 bridgehead atoms. The number of anilines is 2. The van der Waals surface area contributed by atoms with Crippen molar-refractivity contribution in [1.82, 2.24) is 10.3 Å². The van der Waals surface area contributed by atoms with Crippen molar-refractivity contribution in [2.24, 2.45) is 5.92 Å². The average Bonchev–Trinajstić information content (AvgIpc) is 3.37. The van der Waals surface area contributed by atoms with Gasteiger partial charge in [-0.15, -0.1) is 0 Å². The predicted molar refractivity (Wildman–Crippen MR) is 128 cm³/mol. The number of urea groups is 1. The molecule has 1 saturated carbocycles. The first-order chi connectivity index (χ1) is 16.8. The Hall–Kier alpha value is -4.14. The molecule has 3 amide bonds. The van der Waals surface area contributed by atoms with Gasteiger partial charge in [0, 0.05) is 23.9 Å². The van der Waals surface area contributed by atoms with Crippen molar-refractivity contribution < 1.29 is 23.5 Å². The van der Waals surface area contributed by atoms with Crippen molar-refractivity contribution in [2.45, 2.75) is 38.8 Å². The molecule has 1 aliphatic carbocycles. The number of carbonyl (C=O) groups excluding carboxylic acids is 2. The number of fused-ring (bicyclic) bond motifs is 2. The smallest absolute Gasteiger partial charge is 0.319 e. The molecule has 2 fully saturated rings. The Bertz CT molecular complexity index is 1300. The zero-order chi connectivity index (χ0) is 24.7. The lowest BCUT2D eigenvalue weighted by atomic mass is 10.1. The lowest BCUT2D eigenvalue weighted by molar-refractivity contribution is -0.116. The molecule has 2 aliphatic heterocycles. The highest BCUT2D eigenvalue weighted by Gasteiger charge is 2.60. The van der Waals surface area contributed by atoms with Gasteiger partial charge in [-0.2, -0.15) is 0 Å². The monoisotopic (exact) mass is 476 g/mol. The summed E-state index contributed by atoms with van der Waals surface area (Å²) in [5.41, 5.74) is 2.66. The largest absolute Gasteiger partial charge is 0.487 e. The Labute approximate surface area is 201 Å². The maximum atomic E-state index is 13.4. The fourth-order valence-electron chi connectivity index (χ4n) is 4.34. The molecular formula is C26H25FN4O4. The Morgan fingerprint density at radius 1 is 1.34 bits per heavy atom. The van der Waals surface area contributed by atoms with E-state index in [1.807, 2.05) is 6.92 Å². The van der Waals surface area contributed by atoms with Gasteiger partial charge >= 0.3 is 6.03 Å². The Balaban J connectivity index is 1.16. The van der Waals surface area contributed by atoms with Crippen LogP contribution >= 0.6 is 0 Å². The van der Waals surface area contributed by atoms with Crippen LogP contribution in [0.3, 0.4) is 0 Å². The topological polar surface area (TPSA) is 102 Å². The van der Waals surface area contributed by atoms with Gasteiger partial charge < -0.3 is 25.4 Å². The minimum atomic E-state index is -0.377. The van der Waals surface area contributed by atoms with E-state index in [0.717, 1.165) is 11.1 Å². The maximum Gasteiger partial charge on any atom is 0.319 e. The summed E-state index contributed by atoms with van der Waals surface area (Å²) in [5, 5.41) is 8.36. The van der Waals surface area contributed by atoms with Gasteiger partial charge in [0.1, 0.15) is 35.0 Å². The number of rotatable bonds is 5. The van der Waals surface area contributed by atoms with Gasteiger partial charge in [0.2, 0.25) is 5.91 Å². The molecule has 180 valence electrons. The third-order valence-electron chi connectivity index (χ3n) is 6.26. The molecule has 35 heavy (non-hydrogen) atoms. The summed E-state index contributed by atoms with van der Waals surface area (Å²) in [6.07, 6.45) is 6.00. The zero-order valence-electron chi connectivity index (χ0n) is 19.4. The van der Waals surface area contributed by atoms with Crippen LogP contribution in [-0.4, -0.2) is 29.1 Å². The number of halogens is 1. The second kappa shape index (κ2) is 8.90. The van der Waals surface area contributed by atoms with Crippen LogP contribution in [0.5, 0.6) is 5.75 Å². The van der Waals surface area contributed by atoms with E-state index >= 15 is 0 Å². The summed E-state index contributed by atoms with van der Waals surface area (Å²) >= 11 is 0. The van der Waals surface area contributed by atoms with E-state index in [1.165, 1.54) is 12.1 Å². The van der Waals surface area contributed by atoms with Crippen LogP contribution in [-0.2, 0) is 16.0 Å². The standard InChI is InChI=1S/C26H25FN4O4/c1-13-12-16(5-7-18(13)27)29-26(33)31-23-22-15(3)19(35-24(22)23)8-4-14(2)34-20-10-11-28-25-17(20)6-9-21(32)30-25/h4-5,7-8,10-12,22-24H,3,6,9H2,1-2H3,(H,28,30,32)(H2,29,31,33)/b14-4+,19-8+/t22-,23-,24-/m0/s1. The van der Waals surface area contributed by atoms with E-state index in [-0.39, 0.29) is 35.8 Å². The van der Waals surface area contributed by atoms with Crippen LogP contribution in [0.25, 0.3) is 0 Å². The number of amides is 3. The molecule has 3 aliphatic rings. The fourth-order valence-corrected chi connectivity index (χ4v) is 4.34. The number of hydrogen-bond donors (Lipinski definition) is 3. The van der Waals surface area contributed by atoms with E-state index in [9.17, 15) is 14.0 Å². The first kappa shape index (κ1) is 22.6. The van der Waals surface area contributed by atoms with Gasteiger partial charge in [-0.1, -0.05) is 6.58 Å². The van der Waals surface area contributed by atoms with E-state index in [1.54, 1.807) is 37.4 Å². The van der Waals surface area contributed by atoms with Crippen LogP contribution in [0.4, 0.5) is 20.7 Å². The molecule has 0 spiro atoms. The molecule has 2 aromatic rings. The number of ether oxygens (including phenoxy) is 2. The summed E-state index contributed by atoms with van der Waals surface area (Å²) in [6, 6.07) is 5.64. The number of allylic oxidation sites excluding steroid dienone is 4. The molecule has 8 nitrogen and oxygen atoms in total. The van der Waals surface area contributed by atoms with E-state index in [0.29, 0.717) is 47.2 Å². The highest BCUT2D eigenvalue weighted by Crippen LogP contribution is 2.50. The number of carbonyl (C=O) groups is 2. The summed E-state index contributed by atoms with van der Waals surface area (Å²) in [7, 11) is 0. The molecule has 1 aromatic carbocycles. The van der Waals surface area contributed by atoms with E-state index < -0.39 is 0 Å². The van der Waals surface area contributed by atoms with Gasteiger partial charge in [-0.05, 0) is 67.8 Å². The lowest BCUT2D eigenvalue weighted by Gasteiger charge is -2.18. The average molecular weight is 477 g/mol. The second-order valence-corrected chi connectivity index (χ2v) is 8.82. The van der Waals surface area contributed by atoms with Crippen LogP contribution in [0, 0.1) is 18.7 Å². The molecule has 3 atom stereocenters. The summed E-state index contributed by atoms with van der Waals surface area (Å²) in [4.78, 5) is 28.1. The van der Waals surface area contributed by atoms with Crippen molar-refractivity contribution in [1.29, 1.82) is 0 Å². The number of pyridine rings is 1. The van der Waals surface area contributed by atoms with Gasteiger partial charge in [-0.3, -0.25) is 4.79 Å². The maximum absolute atomic E-state index is 13.4. The fraction of sp³-hybridized carbons (Fsp3) is 0.269. The molecule has 1 aromatic heterocycles. The third-order valence-corrected chi connectivity index (χ3v) is 6.26. The van der Waals surface area contributed by atoms with Crippen molar-refractivity contribution in [3.05, 3.63) is 83.2 Å². The minimum absolute atomic E-state index is 0.00686. The summed E-state index contributed by atoms with van der Waals surface area (Å²) in [6.45, 7) is 7.59. The third kappa shape index (κ3) is 4.62. The number of nitrogens with one attached hydrogen (secondary N) is 3. The highest BCUT2D eigenvalue weighted by molar-refractivity contribution is 5.93. The predicted octanol–water partition coefficient (Wildman–Crippen LogP) is 4.36. The van der Waals surface area contributed by atoms with Gasteiger partial charge in [0.05, 0.1) is 12.0 Å². The first-order valence-electron chi connectivity index (χ1n) is 11.3. The quantitative estimate of drug-likeness (QED) is 0.557. The van der Waals surface area contributed by atoms with Crippen molar-refractivity contribution in [3.8, 4) is 5.75 Å². The normalized spacial score (nSPS) is 23.7. The second-order valence-electron chi connectivity index (χ2n) is 8.82. The van der Waals surface area contributed by atoms with Gasteiger partial charge in [0.25, 0.3) is 0 Å². The number of aromatic nitrogens is 1. The van der Waals surface area contributed by atoms with Gasteiger partial charge in [-0.25, -0.2) is 14.2 Å². The van der Waals surface area contributed by atoms with Gasteiger partial charge in [0.15, 0.2) is 0 Å². The van der Waals surface area contributed by atoms with Crippen LogP contribution in [0.2, 0.25) is 0 Å². The molecule has 9 heteroatoms.